The number of pyridine rings is 1. The van der Waals surface area contributed by atoms with Gasteiger partial charge in [0.1, 0.15) is 11.4 Å². The van der Waals surface area contributed by atoms with Gasteiger partial charge < -0.3 is 15.0 Å². The molecule has 1 saturated heterocycles. The minimum atomic E-state index is -0.464. The number of carbonyl (C=O) groups excluding carboxylic acids is 1. The standard InChI is InChI=1S/C17H25N3O2/c1-17(2,3)22-16(21)20-11-5-7-14(20)13-6-4-10-18-15(13)19-12-8-9-12/h4,6,10,12,14H,5,7-9,11H2,1-3H3,(H,18,19)/t14-/m0/s1. The van der Waals surface area contributed by atoms with Crippen molar-refractivity contribution >= 4 is 11.9 Å². The Balaban J connectivity index is 1.79. The van der Waals surface area contributed by atoms with Crippen LogP contribution < -0.4 is 5.32 Å². The van der Waals surface area contributed by atoms with Crippen LogP contribution in [0.2, 0.25) is 0 Å². The van der Waals surface area contributed by atoms with Gasteiger partial charge in [-0.3, -0.25) is 0 Å². The van der Waals surface area contributed by atoms with Crippen molar-refractivity contribution in [1.29, 1.82) is 0 Å². The van der Waals surface area contributed by atoms with E-state index in [9.17, 15) is 4.79 Å². The molecule has 5 heteroatoms. The van der Waals surface area contributed by atoms with Crippen molar-refractivity contribution in [3.05, 3.63) is 23.9 Å². The molecule has 1 aromatic heterocycles. The molecule has 120 valence electrons. The number of anilines is 1. The normalized spacial score (nSPS) is 21.8. The molecule has 0 unspecified atom stereocenters. The number of ether oxygens (including phenoxy) is 1. The van der Waals surface area contributed by atoms with Gasteiger partial charge in [0.25, 0.3) is 0 Å². The third kappa shape index (κ3) is 3.51. The fourth-order valence-corrected chi connectivity index (χ4v) is 2.86. The molecule has 5 nitrogen and oxygen atoms in total. The Morgan fingerprint density at radius 1 is 1.36 bits per heavy atom. The van der Waals surface area contributed by atoms with E-state index < -0.39 is 5.60 Å². The molecule has 3 rings (SSSR count). The van der Waals surface area contributed by atoms with Crippen LogP contribution in [-0.2, 0) is 4.74 Å². The summed E-state index contributed by atoms with van der Waals surface area (Å²) in [6.07, 6.45) is 5.95. The second kappa shape index (κ2) is 5.78. The predicted octanol–water partition coefficient (Wildman–Crippen LogP) is 3.73. The van der Waals surface area contributed by atoms with Crippen LogP contribution in [0.4, 0.5) is 10.6 Å². The molecule has 2 fully saturated rings. The fraction of sp³-hybridized carbons (Fsp3) is 0.647. The summed E-state index contributed by atoms with van der Waals surface area (Å²) < 4.78 is 5.55. The number of amides is 1. The number of hydrogen-bond donors (Lipinski definition) is 1. The van der Waals surface area contributed by atoms with E-state index in [2.05, 4.69) is 16.4 Å². The number of rotatable bonds is 3. The molecule has 1 aliphatic carbocycles. The quantitative estimate of drug-likeness (QED) is 0.924. The molecular weight excluding hydrogens is 278 g/mol. The number of hydrogen-bond acceptors (Lipinski definition) is 4. The zero-order valence-corrected chi connectivity index (χ0v) is 13.6. The lowest BCUT2D eigenvalue weighted by Crippen LogP contribution is -2.36. The Labute approximate surface area is 132 Å². The van der Waals surface area contributed by atoms with Crippen LogP contribution in [0.1, 0.15) is 58.1 Å². The van der Waals surface area contributed by atoms with Gasteiger partial charge in [-0.2, -0.15) is 0 Å². The molecule has 1 amide bonds. The van der Waals surface area contributed by atoms with Gasteiger partial charge in [-0.05, 0) is 52.5 Å². The summed E-state index contributed by atoms with van der Waals surface area (Å²) in [5.41, 5.74) is 0.645. The second-order valence-electron chi connectivity index (χ2n) is 7.19. The number of aromatic nitrogens is 1. The molecule has 0 spiro atoms. The first-order valence-electron chi connectivity index (χ1n) is 8.15. The lowest BCUT2D eigenvalue weighted by atomic mass is 10.1. The van der Waals surface area contributed by atoms with Crippen LogP contribution in [0, 0.1) is 0 Å². The summed E-state index contributed by atoms with van der Waals surface area (Å²) in [5.74, 6) is 0.922. The molecule has 2 heterocycles. The fourth-order valence-electron chi connectivity index (χ4n) is 2.86. The largest absolute Gasteiger partial charge is 0.444 e. The maximum atomic E-state index is 12.5. The molecular formula is C17H25N3O2. The molecule has 0 aromatic carbocycles. The number of nitrogens with zero attached hydrogens (tertiary/aromatic N) is 2. The first-order valence-corrected chi connectivity index (χ1v) is 8.15. The Bertz CT molecular complexity index is 549. The van der Waals surface area contributed by atoms with Gasteiger partial charge in [-0.25, -0.2) is 9.78 Å². The van der Waals surface area contributed by atoms with Crippen molar-refractivity contribution in [3.8, 4) is 0 Å². The van der Waals surface area contributed by atoms with Gasteiger partial charge in [0.15, 0.2) is 0 Å². The Morgan fingerprint density at radius 3 is 2.82 bits per heavy atom. The van der Waals surface area contributed by atoms with E-state index in [1.54, 1.807) is 6.20 Å². The molecule has 0 bridgehead atoms. The van der Waals surface area contributed by atoms with E-state index in [1.807, 2.05) is 31.7 Å². The highest BCUT2D eigenvalue weighted by Gasteiger charge is 2.35. The van der Waals surface area contributed by atoms with Crippen molar-refractivity contribution in [2.75, 3.05) is 11.9 Å². The third-order valence-corrected chi connectivity index (χ3v) is 4.00. The van der Waals surface area contributed by atoms with Crippen LogP contribution in [0.25, 0.3) is 0 Å². The van der Waals surface area contributed by atoms with Crippen molar-refractivity contribution in [3.63, 3.8) is 0 Å². The van der Waals surface area contributed by atoms with E-state index >= 15 is 0 Å². The molecule has 1 saturated carbocycles. The average Bonchev–Trinajstić information content (AvgIpc) is 3.11. The van der Waals surface area contributed by atoms with Gasteiger partial charge >= 0.3 is 6.09 Å². The van der Waals surface area contributed by atoms with E-state index in [1.165, 1.54) is 12.8 Å². The van der Waals surface area contributed by atoms with Gasteiger partial charge in [0.2, 0.25) is 0 Å². The monoisotopic (exact) mass is 303 g/mol. The third-order valence-electron chi connectivity index (χ3n) is 4.00. The maximum Gasteiger partial charge on any atom is 0.410 e. The summed E-state index contributed by atoms with van der Waals surface area (Å²) in [6, 6.07) is 4.62. The zero-order chi connectivity index (χ0) is 15.7. The minimum Gasteiger partial charge on any atom is -0.444 e. The van der Waals surface area contributed by atoms with Gasteiger partial charge in [-0.1, -0.05) is 6.07 Å². The van der Waals surface area contributed by atoms with Crippen LogP contribution >= 0.6 is 0 Å². The van der Waals surface area contributed by atoms with Crippen molar-refractivity contribution in [2.45, 2.75) is 64.1 Å². The first kappa shape index (κ1) is 15.1. The van der Waals surface area contributed by atoms with Crippen LogP contribution in [0.5, 0.6) is 0 Å². The Hall–Kier alpha value is -1.78. The lowest BCUT2D eigenvalue weighted by Gasteiger charge is -2.29. The smallest absolute Gasteiger partial charge is 0.410 e. The molecule has 2 aliphatic rings. The van der Waals surface area contributed by atoms with Gasteiger partial charge in [0, 0.05) is 24.3 Å². The van der Waals surface area contributed by atoms with E-state index in [4.69, 9.17) is 4.74 Å². The average molecular weight is 303 g/mol. The zero-order valence-electron chi connectivity index (χ0n) is 13.6. The highest BCUT2D eigenvalue weighted by molar-refractivity contribution is 5.70. The lowest BCUT2D eigenvalue weighted by molar-refractivity contribution is 0.0225. The van der Waals surface area contributed by atoms with Gasteiger partial charge in [0.05, 0.1) is 6.04 Å². The van der Waals surface area contributed by atoms with Gasteiger partial charge in [-0.15, -0.1) is 0 Å². The second-order valence-corrected chi connectivity index (χ2v) is 7.19. The number of nitrogens with one attached hydrogen (secondary N) is 1. The van der Waals surface area contributed by atoms with Crippen molar-refractivity contribution < 1.29 is 9.53 Å². The van der Waals surface area contributed by atoms with Crippen molar-refractivity contribution in [1.82, 2.24) is 9.88 Å². The Morgan fingerprint density at radius 2 is 2.14 bits per heavy atom. The molecule has 1 atom stereocenters. The van der Waals surface area contributed by atoms with Crippen LogP contribution in [-0.4, -0.2) is 34.2 Å². The molecule has 1 N–H and O–H groups in total. The SMILES string of the molecule is CC(C)(C)OC(=O)N1CCC[C@H]1c1cccnc1NC1CC1. The summed E-state index contributed by atoms with van der Waals surface area (Å²) in [7, 11) is 0. The topological polar surface area (TPSA) is 54.5 Å². The molecule has 1 aliphatic heterocycles. The summed E-state index contributed by atoms with van der Waals surface area (Å²) in [4.78, 5) is 18.8. The predicted molar refractivity (Wildman–Crippen MR) is 85.8 cm³/mol. The molecule has 0 radical (unpaired) electrons. The number of carbonyl (C=O) groups is 1. The highest BCUT2D eigenvalue weighted by atomic mass is 16.6. The summed E-state index contributed by atoms with van der Waals surface area (Å²) in [5, 5.41) is 3.48. The Kier molecular flexibility index (Phi) is 3.98. The minimum absolute atomic E-state index is 0.0600. The first-order chi connectivity index (χ1) is 10.4. The number of likely N-dealkylation sites (tertiary alicyclic amines) is 1. The van der Waals surface area contributed by atoms with E-state index in [-0.39, 0.29) is 12.1 Å². The van der Waals surface area contributed by atoms with Crippen LogP contribution in [0.3, 0.4) is 0 Å². The van der Waals surface area contributed by atoms with Crippen LogP contribution in [0.15, 0.2) is 18.3 Å². The summed E-state index contributed by atoms with van der Waals surface area (Å²) >= 11 is 0. The summed E-state index contributed by atoms with van der Waals surface area (Å²) in [6.45, 7) is 6.46. The molecule has 1 aromatic rings. The van der Waals surface area contributed by atoms with E-state index in [0.717, 1.165) is 30.8 Å². The maximum absolute atomic E-state index is 12.5. The highest BCUT2D eigenvalue weighted by Crippen LogP contribution is 2.37. The van der Waals surface area contributed by atoms with Crippen molar-refractivity contribution in [2.24, 2.45) is 0 Å². The van der Waals surface area contributed by atoms with E-state index in [0.29, 0.717) is 6.04 Å². The molecule has 22 heavy (non-hydrogen) atoms.